The molecule has 0 spiro atoms. The first-order valence-corrected chi connectivity index (χ1v) is 11.9. The maximum Gasteiger partial charge on any atom is 0.269 e. The molecule has 1 aliphatic rings. The molecular formula is C23H27N5O5S. The number of nitro benzene ring substituents is 1. The van der Waals surface area contributed by atoms with Crippen molar-refractivity contribution < 1.29 is 18.7 Å². The van der Waals surface area contributed by atoms with Gasteiger partial charge in [-0.25, -0.2) is 8.51 Å². The van der Waals surface area contributed by atoms with E-state index < -0.39 is 21.0 Å². The minimum atomic E-state index is -2.01. The molecule has 0 aliphatic carbocycles. The molecule has 0 bridgehead atoms. The molecule has 1 amide bonds. The number of hydrogen-bond acceptors (Lipinski definition) is 7. The van der Waals surface area contributed by atoms with E-state index in [9.17, 15) is 23.9 Å². The van der Waals surface area contributed by atoms with E-state index >= 15 is 0 Å². The van der Waals surface area contributed by atoms with Gasteiger partial charge in [-0.1, -0.05) is 24.3 Å². The number of aliphatic imine (C=N–C) groups is 1. The Bertz CT molecular complexity index is 1100. The Hall–Kier alpha value is -3.44. The summed E-state index contributed by atoms with van der Waals surface area (Å²) in [5, 5.41) is 13.3. The van der Waals surface area contributed by atoms with Crippen LogP contribution in [0.2, 0.25) is 0 Å². The van der Waals surface area contributed by atoms with Crippen molar-refractivity contribution in [1.82, 2.24) is 14.5 Å². The summed E-state index contributed by atoms with van der Waals surface area (Å²) in [5.41, 5.74) is 2.11. The highest BCUT2D eigenvalue weighted by Gasteiger charge is 2.21. The van der Waals surface area contributed by atoms with Crippen molar-refractivity contribution in [3.8, 4) is 0 Å². The van der Waals surface area contributed by atoms with Crippen molar-refractivity contribution in [1.29, 1.82) is 0 Å². The Kier molecular flexibility index (Phi) is 8.61. The number of likely N-dealkylation sites (N-methyl/N-ethyl adjacent to an activating group) is 1. The number of carbonyl (C=O) groups excluding carboxylic acids is 2. The van der Waals surface area contributed by atoms with Crippen LogP contribution in [0.15, 0.2) is 53.5 Å². The first-order chi connectivity index (χ1) is 16.3. The lowest BCUT2D eigenvalue weighted by molar-refractivity contribution is -0.384. The van der Waals surface area contributed by atoms with Crippen molar-refractivity contribution >= 4 is 33.5 Å². The van der Waals surface area contributed by atoms with Gasteiger partial charge in [0.15, 0.2) is 11.0 Å². The van der Waals surface area contributed by atoms with E-state index in [1.54, 1.807) is 11.9 Å². The first-order valence-electron chi connectivity index (χ1n) is 10.8. The number of carbonyl (C=O) groups is 2. The van der Waals surface area contributed by atoms with Crippen molar-refractivity contribution in [3.05, 3.63) is 75.3 Å². The molecule has 10 nitrogen and oxygen atoms in total. The molecule has 3 rings (SSSR count). The Balaban J connectivity index is 1.44. The van der Waals surface area contributed by atoms with Crippen LogP contribution in [0.3, 0.4) is 0 Å². The van der Waals surface area contributed by atoms with Crippen LogP contribution in [-0.2, 0) is 22.2 Å². The number of non-ortho nitro benzene ring substituents is 1. The summed E-state index contributed by atoms with van der Waals surface area (Å²) in [6.45, 7) is 2.32. The van der Waals surface area contributed by atoms with Crippen LogP contribution in [0, 0.1) is 10.1 Å². The average Bonchev–Trinajstić information content (AvgIpc) is 3.40. The molecule has 1 atom stereocenters. The summed E-state index contributed by atoms with van der Waals surface area (Å²) in [6, 6.07) is 13.0. The van der Waals surface area contributed by atoms with E-state index in [1.165, 1.54) is 35.6 Å². The van der Waals surface area contributed by atoms with E-state index in [0.29, 0.717) is 13.0 Å². The lowest BCUT2D eigenvalue weighted by Crippen LogP contribution is -2.34. The number of nitro groups is 1. The van der Waals surface area contributed by atoms with Gasteiger partial charge in [0.1, 0.15) is 5.84 Å². The largest absolute Gasteiger partial charge is 0.368 e. The molecule has 1 unspecified atom stereocenters. The van der Waals surface area contributed by atoms with Gasteiger partial charge in [0.2, 0.25) is 5.91 Å². The molecule has 1 aliphatic heterocycles. The molecule has 0 saturated carbocycles. The zero-order valence-electron chi connectivity index (χ0n) is 19.1. The van der Waals surface area contributed by atoms with E-state index in [2.05, 4.69) is 10.3 Å². The third kappa shape index (κ3) is 6.55. The van der Waals surface area contributed by atoms with Crippen LogP contribution >= 0.6 is 0 Å². The second kappa shape index (κ2) is 11.6. The molecule has 0 radical (unpaired) electrons. The minimum Gasteiger partial charge on any atom is -0.368 e. The number of rotatable bonds is 10. The summed E-state index contributed by atoms with van der Waals surface area (Å²) in [6.07, 6.45) is 0.805. The Morgan fingerprint density at radius 1 is 1.09 bits per heavy atom. The lowest BCUT2D eigenvalue weighted by Gasteiger charge is -2.19. The van der Waals surface area contributed by atoms with E-state index in [1.807, 2.05) is 24.3 Å². The van der Waals surface area contributed by atoms with E-state index in [0.717, 1.165) is 30.1 Å². The minimum absolute atomic E-state index is 0.108. The summed E-state index contributed by atoms with van der Waals surface area (Å²) in [4.78, 5) is 41.1. The molecule has 2 aromatic carbocycles. The van der Waals surface area contributed by atoms with Gasteiger partial charge in [-0.3, -0.25) is 24.7 Å². The van der Waals surface area contributed by atoms with Gasteiger partial charge in [-0.2, -0.15) is 0 Å². The predicted molar refractivity (Wildman–Crippen MR) is 130 cm³/mol. The van der Waals surface area contributed by atoms with Gasteiger partial charge < -0.3 is 10.2 Å². The van der Waals surface area contributed by atoms with Crippen molar-refractivity contribution in [2.75, 3.05) is 40.3 Å². The number of amidine groups is 1. The normalized spacial score (nSPS) is 13.8. The average molecular weight is 486 g/mol. The number of hydrogen-bond donors (Lipinski definition) is 1. The molecule has 1 N–H and O–H groups in total. The van der Waals surface area contributed by atoms with Gasteiger partial charge in [-0.15, -0.1) is 0 Å². The molecule has 0 saturated heterocycles. The molecular weight excluding hydrogens is 458 g/mol. The zero-order valence-corrected chi connectivity index (χ0v) is 19.9. The highest BCUT2D eigenvalue weighted by Crippen LogP contribution is 2.14. The van der Waals surface area contributed by atoms with Crippen LogP contribution < -0.4 is 5.32 Å². The van der Waals surface area contributed by atoms with Gasteiger partial charge in [0.05, 0.1) is 11.5 Å². The van der Waals surface area contributed by atoms with Gasteiger partial charge in [-0.05, 0) is 24.1 Å². The quantitative estimate of drug-likeness (QED) is 0.404. The summed E-state index contributed by atoms with van der Waals surface area (Å²) in [5.74, 6) is 0.792. The van der Waals surface area contributed by atoms with Crippen molar-refractivity contribution in [2.24, 2.45) is 4.99 Å². The van der Waals surface area contributed by atoms with Gasteiger partial charge in [0, 0.05) is 63.4 Å². The first kappa shape index (κ1) is 25.2. The van der Waals surface area contributed by atoms with Crippen molar-refractivity contribution in [2.45, 2.75) is 12.8 Å². The Morgan fingerprint density at radius 2 is 1.76 bits per heavy atom. The third-order valence-electron chi connectivity index (χ3n) is 5.46. The van der Waals surface area contributed by atoms with E-state index in [4.69, 9.17) is 0 Å². The monoisotopic (exact) mass is 485 g/mol. The summed E-state index contributed by atoms with van der Waals surface area (Å²) in [7, 11) is 1.21. The lowest BCUT2D eigenvalue weighted by atomic mass is 10.1. The molecule has 1 heterocycles. The van der Waals surface area contributed by atoms with Crippen LogP contribution in [0.1, 0.15) is 27.9 Å². The molecule has 180 valence electrons. The summed E-state index contributed by atoms with van der Waals surface area (Å²) < 4.78 is 13.8. The van der Waals surface area contributed by atoms with Gasteiger partial charge >= 0.3 is 0 Å². The van der Waals surface area contributed by atoms with Crippen LogP contribution in [0.4, 0.5) is 5.69 Å². The SMILES string of the molecule is CN(CCc1ccc(C2=NCCN2)cc1)C(=O)CCN(C)S(=O)C(=O)c1ccc([N+](=O)[O-])cc1. The van der Waals surface area contributed by atoms with Crippen molar-refractivity contribution in [3.63, 3.8) is 0 Å². The highest BCUT2D eigenvalue weighted by atomic mass is 32.2. The molecule has 0 aromatic heterocycles. The number of nitrogens with zero attached hydrogens (tertiary/aromatic N) is 4. The number of benzene rings is 2. The maximum atomic E-state index is 12.5. The molecule has 0 fully saturated rings. The van der Waals surface area contributed by atoms with E-state index in [-0.39, 0.29) is 30.1 Å². The second-order valence-electron chi connectivity index (χ2n) is 7.86. The van der Waals surface area contributed by atoms with Crippen LogP contribution in [-0.4, -0.2) is 75.5 Å². The zero-order chi connectivity index (χ0) is 24.7. The van der Waals surface area contributed by atoms with Crippen LogP contribution in [0.5, 0.6) is 0 Å². The van der Waals surface area contributed by atoms with Crippen LogP contribution in [0.25, 0.3) is 0 Å². The molecule has 11 heteroatoms. The highest BCUT2D eigenvalue weighted by molar-refractivity contribution is 7.98. The second-order valence-corrected chi connectivity index (χ2v) is 9.35. The fourth-order valence-corrected chi connectivity index (χ4v) is 4.21. The third-order valence-corrected chi connectivity index (χ3v) is 6.76. The standard InChI is InChI=1S/C23H27N5O5S/c1-26(15-11-17-3-5-18(6-4-17)22-24-13-14-25-22)21(29)12-16-27(2)34(33)23(30)19-7-9-20(10-8-19)28(31)32/h3-10H,11-16H2,1-2H3,(H,24,25). The Morgan fingerprint density at radius 3 is 2.35 bits per heavy atom. The topological polar surface area (TPSA) is 125 Å². The predicted octanol–water partition coefficient (Wildman–Crippen LogP) is 1.77. The van der Waals surface area contributed by atoms with Gasteiger partial charge in [0.25, 0.3) is 10.8 Å². The molecule has 34 heavy (non-hydrogen) atoms. The number of nitrogens with one attached hydrogen (secondary N) is 1. The molecule has 2 aromatic rings. The summed E-state index contributed by atoms with van der Waals surface area (Å²) >= 11 is 0. The fraction of sp³-hybridized carbons (Fsp3) is 0.348. The number of amides is 1. The fourth-order valence-electron chi connectivity index (χ4n) is 3.33. The Labute approximate surface area is 200 Å². The smallest absolute Gasteiger partial charge is 0.269 e. The maximum absolute atomic E-state index is 12.5.